The minimum atomic E-state index is -0.771. The van der Waals surface area contributed by atoms with E-state index in [4.69, 9.17) is 4.74 Å². The van der Waals surface area contributed by atoms with Crippen molar-refractivity contribution in [2.45, 2.75) is 19.4 Å². The number of rotatable bonds is 8. The molecule has 0 aromatic heterocycles. The third-order valence-corrected chi connectivity index (χ3v) is 3.93. The van der Waals surface area contributed by atoms with Gasteiger partial charge in [-0.2, -0.15) is 0 Å². The van der Waals surface area contributed by atoms with Crippen LogP contribution in [0.5, 0.6) is 5.75 Å². The average molecular weight is 371 g/mol. The number of amides is 2. The maximum absolute atomic E-state index is 12.2. The number of carbonyl (C=O) groups excluding carboxylic acids is 2. The molecule has 8 nitrogen and oxygen atoms in total. The maximum atomic E-state index is 12.2. The highest BCUT2D eigenvalue weighted by molar-refractivity contribution is 5.97. The first-order chi connectivity index (χ1) is 12.9. The lowest BCUT2D eigenvalue weighted by molar-refractivity contribution is -0.384. The number of nitro benzene ring substituents is 1. The monoisotopic (exact) mass is 371 g/mol. The van der Waals surface area contributed by atoms with Gasteiger partial charge in [0.2, 0.25) is 5.91 Å². The van der Waals surface area contributed by atoms with Crippen molar-refractivity contribution in [1.82, 2.24) is 10.6 Å². The van der Waals surface area contributed by atoms with Gasteiger partial charge in [0.15, 0.2) is 0 Å². The number of hydrogen-bond acceptors (Lipinski definition) is 5. The van der Waals surface area contributed by atoms with E-state index in [9.17, 15) is 19.7 Å². The number of carbonyl (C=O) groups is 2. The predicted molar refractivity (Wildman–Crippen MR) is 99.7 cm³/mol. The Bertz CT molecular complexity index is 820. The van der Waals surface area contributed by atoms with Crippen molar-refractivity contribution in [3.63, 3.8) is 0 Å². The van der Waals surface area contributed by atoms with E-state index in [-0.39, 0.29) is 17.2 Å². The molecule has 0 radical (unpaired) electrons. The first-order valence-electron chi connectivity index (χ1n) is 8.36. The van der Waals surface area contributed by atoms with Crippen LogP contribution in [0.1, 0.15) is 22.8 Å². The highest BCUT2D eigenvalue weighted by atomic mass is 16.6. The van der Waals surface area contributed by atoms with Crippen LogP contribution in [0.15, 0.2) is 48.5 Å². The third kappa shape index (κ3) is 5.81. The quantitative estimate of drug-likeness (QED) is 0.545. The van der Waals surface area contributed by atoms with Gasteiger partial charge in [0, 0.05) is 24.2 Å². The molecule has 0 aliphatic carbocycles. The Morgan fingerprint density at radius 3 is 2.52 bits per heavy atom. The second kappa shape index (κ2) is 9.33. The largest absolute Gasteiger partial charge is 0.497 e. The molecular formula is C19H21N3O5. The smallest absolute Gasteiger partial charge is 0.270 e. The van der Waals surface area contributed by atoms with E-state index in [1.807, 2.05) is 24.3 Å². The summed E-state index contributed by atoms with van der Waals surface area (Å²) in [7, 11) is 1.60. The Morgan fingerprint density at radius 1 is 1.19 bits per heavy atom. The van der Waals surface area contributed by atoms with Crippen LogP contribution < -0.4 is 15.4 Å². The topological polar surface area (TPSA) is 111 Å². The molecule has 8 heteroatoms. The Balaban J connectivity index is 1.83. The number of ether oxygens (including phenoxy) is 1. The lowest BCUT2D eigenvalue weighted by Crippen LogP contribution is -2.45. The summed E-state index contributed by atoms with van der Waals surface area (Å²) in [4.78, 5) is 34.5. The van der Waals surface area contributed by atoms with Crippen LogP contribution in [0.4, 0.5) is 5.69 Å². The van der Waals surface area contributed by atoms with Gasteiger partial charge in [-0.25, -0.2) is 0 Å². The third-order valence-electron chi connectivity index (χ3n) is 3.93. The molecule has 2 N–H and O–H groups in total. The molecule has 0 saturated heterocycles. The Hall–Kier alpha value is -3.42. The van der Waals surface area contributed by atoms with Gasteiger partial charge in [0.05, 0.1) is 12.0 Å². The number of methoxy groups -OCH3 is 1. The molecule has 0 spiro atoms. The van der Waals surface area contributed by atoms with Crippen molar-refractivity contribution in [3.8, 4) is 5.75 Å². The maximum Gasteiger partial charge on any atom is 0.270 e. The molecule has 2 aromatic carbocycles. The zero-order chi connectivity index (χ0) is 19.8. The molecule has 0 heterocycles. The summed E-state index contributed by atoms with van der Waals surface area (Å²) < 4.78 is 5.09. The molecule has 2 amide bonds. The molecule has 0 bridgehead atoms. The van der Waals surface area contributed by atoms with Crippen molar-refractivity contribution < 1.29 is 19.2 Å². The number of nitrogens with one attached hydrogen (secondary N) is 2. The minimum Gasteiger partial charge on any atom is -0.497 e. The summed E-state index contributed by atoms with van der Waals surface area (Å²) in [6.45, 7) is 1.97. The fourth-order valence-corrected chi connectivity index (χ4v) is 2.38. The molecule has 1 unspecified atom stereocenters. The standard InChI is InChI=1S/C19H21N3O5/c1-13(21-19(24)15-4-3-5-16(12-15)22(25)26)18(23)20-11-10-14-6-8-17(27-2)9-7-14/h3-9,12-13H,10-11H2,1-2H3,(H,20,23)(H,21,24). The normalized spacial score (nSPS) is 11.3. The summed E-state index contributed by atoms with van der Waals surface area (Å²) in [5.41, 5.74) is 0.991. The van der Waals surface area contributed by atoms with Crippen molar-refractivity contribution >= 4 is 17.5 Å². The van der Waals surface area contributed by atoms with Crippen LogP contribution in [0.3, 0.4) is 0 Å². The summed E-state index contributed by atoms with van der Waals surface area (Å²) >= 11 is 0. The van der Waals surface area contributed by atoms with Gasteiger partial charge in [0.25, 0.3) is 11.6 Å². The van der Waals surface area contributed by atoms with E-state index in [1.54, 1.807) is 14.0 Å². The number of non-ortho nitro benzene ring substituents is 1. The zero-order valence-electron chi connectivity index (χ0n) is 15.1. The molecule has 142 valence electrons. The van der Waals surface area contributed by atoms with Crippen LogP contribution in [-0.2, 0) is 11.2 Å². The van der Waals surface area contributed by atoms with E-state index in [1.165, 1.54) is 24.3 Å². The molecule has 2 rings (SSSR count). The molecule has 27 heavy (non-hydrogen) atoms. The highest BCUT2D eigenvalue weighted by Crippen LogP contribution is 2.13. The Labute approximate surface area is 156 Å². The molecular weight excluding hydrogens is 350 g/mol. The van der Waals surface area contributed by atoms with Crippen molar-refractivity contribution in [2.75, 3.05) is 13.7 Å². The molecule has 2 aromatic rings. The Morgan fingerprint density at radius 2 is 1.89 bits per heavy atom. The van der Waals surface area contributed by atoms with Crippen LogP contribution in [0.25, 0.3) is 0 Å². The molecule has 1 atom stereocenters. The SMILES string of the molecule is COc1ccc(CCNC(=O)C(C)NC(=O)c2cccc([N+](=O)[O-])c2)cc1. The van der Waals surface area contributed by atoms with Gasteiger partial charge in [-0.15, -0.1) is 0 Å². The Kier molecular flexibility index (Phi) is 6.87. The number of nitro groups is 1. The highest BCUT2D eigenvalue weighted by Gasteiger charge is 2.17. The second-order valence-electron chi connectivity index (χ2n) is 5.89. The summed E-state index contributed by atoms with van der Waals surface area (Å²) in [5, 5.41) is 16.1. The van der Waals surface area contributed by atoms with Gasteiger partial charge in [0.1, 0.15) is 11.8 Å². The molecule has 0 aliphatic rings. The van der Waals surface area contributed by atoms with Crippen LogP contribution in [0.2, 0.25) is 0 Å². The summed E-state index contributed by atoms with van der Waals surface area (Å²) in [6, 6.07) is 12.1. The molecule has 0 fully saturated rings. The lowest BCUT2D eigenvalue weighted by Gasteiger charge is -2.14. The van der Waals surface area contributed by atoms with E-state index < -0.39 is 16.9 Å². The van der Waals surface area contributed by atoms with Crippen LogP contribution >= 0.6 is 0 Å². The van der Waals surface area contributed by atoms with Gasteiger partial charge >= 0.3 is 0 Å². The fourth-order valence-electron chi connectivity index (χ4n) is 2.38. The van der Waals surface area contributed by atoms with Gasteiger partial charge in [-0.3, -0.25) is 19.7 Å². The van der Waals surface area contributed by atoms with Crippen molar-refractivity contribution in [2.24, 2.45) is 0 Å². The minimum absolute atomic E-state index is 0.127. The van der Waals surface area contributed by atoms with Crippen LogP contribution in [-0.4, -0.2) is 36.4 Å². The molecule has 0 aliphatic heterocycles. The number of hydrogen-bond donors (Lipinski definition) is 2. The van der Waals surface area contributed by atoms with E-state index in [2.05, 4.69) is 10.6 Å². The predicted octanol–water partition coefficient (Wildman–Crippen LogP) is 2.08. The summed E-state index contributed by atoms with van der Waals surface area (Å²) in [6.07, 6.45) is 0.640. The van der Waals surface area contributed by atoms with E-state index in [0.717, 1.165) is 11.3 Å². The van der Waals surface area contributed by atoms with Crippen molar-refractivity contribution in [1.29, 1.82) is 0 Å². The van der Waals surface area contributed by atoms with Crippen molar-refractivity contribution in [3.05, 3.63) is 69.8 Å². The number of nitrogens with zero attached hydrogens (tertiary/aromatic N) is 1. The lowest BCUT2D eigenvalue weighted by atomic mass is 10.1. The zero-order valence-corrected chi connectivity index (χ0v) is 15.1. The van der Waals surface area contributed by atoms with E-state index >= 15 is 0 Å². The fraction of sp³-hybridized carbons (Fsp3) is 0.263. The van der Waals surface area contributed by atoms with E-state index in [0.29, 0.717) is 13.0 Å². The van der Waals surface area contributed by atoms with Gasteiger partial charge in [-0.05, 0) is 37.1 Å². The molecule has 0 saturated carbocycles. The van der Waals surface area contributed by atoms with Crippen LogP contribution in [0, 0.1) is 10.1 Å². The van der Waals surface area contributed by atoms with Gasteiger partial charge < -0.3 is 15.4 Å². The van der Waals surface area contributed by atoms with Gasteiger partial charge in [-0.1, -0.05) is 18.2 Å². The average Bonchev–Trinajstić information content (AvgIpc) is 2.68. The first kappa shape index (κ1) is 19.9. The number of benzene rings is 2. The second-order valence-corrected chi connectivity index (χ2v) is 5.89. The first-order valence-corrected chi connectivity index (χ1v) is 8.36. The summed E-state index contributed by atoms with van der Waals surface area (Å²) in [5.74, 6) is -0.112.